The highest BCUT2D eigenvalue weighted by Crippen LogP contribution is 2.30. The van der Waals surface area contributed by atoms with Gasteiger partial charge in [-0.3, -0.25) is 19.7 Å². The number of nitro groups is 1. The molecule has 44 heavy (non-hydrogen) atoms. The van der Waals surface area contributed by atoms with Crippen LogP contribution in [0.4, 0.5) is 24.5 Å². The Morgan fingerprint density at radius 3 is 2.20 bits per heavy atom. The molecule has 4 aromatic carbocycles. The van der Waals surface area contributed by atoms with Crippen molar-refractivity contribution >= 4 is 23.2 Å². The molecule has 9 nitrogen and oxygen atoms in total. The zero-order valence-corrected chi connectivity index (χ0v) is 23.1. The number of ether oxygens (including phenoxy) is 2. The van der Waals surface area contributed by atoms with Gasteiger partial charge in [0.1, 0.15) is 17.6 Å². The van der Waals surface area contributed by atoms with Crippen LogP contribution in [0.2, 0.25) is 0 Å². The second-order valence-electron chi connectivity index (χ2n) is 10.0. The summed E-state index contributed by atoms with van der Waals surface area (Å²) in [5.74, 6) is -0.432. The molecular formula is C32H26F3N3O6. The van der Waals surface area contributed by atoms with Gasteiger partial charge in [-0.25, -0.2) is 0 Å². The average molecular weight is 606 g/mol. The Balaban J connectivity index is 1.19. The number of anilines is 1. The number of nitrogens with one attached hydrogen (secondary N) is 1. The Morgan fingerprint density at radius 2 is 1.55 bits per heavy atom. The lowest BCUT2D eigenvalue weighted by Gasteiger charge is -2.32. The normalized spacial score (nSPS) is 13.7. The third-order valence-electron chi connectivity index (χ3n) is 7.02. The zero-order chi connectivity index (χ0) is 31.3. The lowest BCUT2D eigenvalue weighted by Crippen LogP contribution is -2.41. The first kappa shape index (κ1) is 30.1. The maximum absolute atomic E-state index is 13.2. The van der Waals surface area contributed by atoms with Crippen LogP contribution in [-0.2, 0) is 0 Å². The Morgan fingerprint density at radius 1 is 0.864 bits per heavy atom. The molecule has 1 fully saturated rings. The highest BCUT2D eigenvalue weighted by molar-refractivity contribution is 6.08. The molecule has 5 rings (SSSR count). The Hall–Kier alpha value is -5.39. The number of likely N-dealkylation sites (tertiary alicyclic amines) is 1. The van der Waals surface area contributed by atoms with Crippen LogP contribution < -0.4 is 14.8 Å². The largest absolute Gasteiger partial charge is 0.573 e. The van der Waals surface area contributed by atoms with Crippen molar-refractivity contribution in [1.82, 2.24) is 4.90 Å². The lowest BCUT2D eigenvalue weighted by molar-refractivity contribution is -0.384. The van der Waals surface area contributed by atoms with Gasteiger partial charge in [-0.15, -0.1) is 13.2 Å². The van der Waals surface area contributed by atoms with Crippen molar-refractivity contribution in [2.24, 2.45) is 0 Å². The van der Waals surface area contributed by atoms with E-state index in [-0.39, 0.29) is 23.4 Å². The Labute approximate surface area is 250 Å². The number of carbonyl (C=O) groups is 2. The maximum Gasteiger partial charge on any atom is 0.573 e. The molecule has 0 atom stereocenters. The van der Waals surface area contributed by atoms with Crippen LogP contribution in [0.25, 0.3) is 11.1 Å². The number of amides is 2. The van der Waals surface area contributed by atoms with E-state index in [2.05, 4.69) is 10.1 Å². The number of nitro benzene ring substituents is 1. The second-order valence-corrected chi connectivity index (χ2v) is 10.0. The summed E-state index contributed by atoms with van der Waals surface area (Å²) in [6.45, 7) is 0.911. The number of rotatable bonds is 8. The Kier molecular flexibility index (Phi) is 8.79. The van der Waals surface area contributed by atoms with E-state index in [1.165, 1.54) is 48.5 Å². The van der Waals surface area contributed by atoms with Crippen LogP contribution in [0.1, 0.15) is 33.6 Å². The minimum absolute atomic E-state index is 0.0792. The standard InChI is InChI=1S/C32H26F3N3O6/c33-32(34,35)44-26-14-10-21(11-15-26)28-6-1-2-7-29(28)30(39)36-23-4-3-5-27(20-23)43-25-16-18-37(19-17-25)31(40)22-8-12-24(13-9-22)38(41)42/h1-15,20,25H,16-19H2,(H,36,39). The summed E-state index contributed by atoms with van der Waals surface area (Å²) in [4.78, 5) is 38.1. The minimum Gasteiger partial charge on any atom is -0.490 e. The number of alkyl halides is 3. The SMILES string of the molecule is O=C(Nc1cccc(OC2CCN(C(=O)c3ccc([N+](=O)[O-])cc3)CC2)c1)c1ccccc1-c1ccc(OC(F)(F)F)cc1. The van der Waals surface area contributed by atoms with Crippen LogP contribution in [0.5, 0.6) is 11.5 Å². The van der Waals surface area contributed by atoms with Crippen molar-refractivity contribution in [3.05, 3.63) is 118 Å². The molecule has 1 aliphatic heterocycles. The van der Waals surface area contributed by atoms with E-state index >= 15 is 0 Å². The predicted molar refractivity (Wildman–Crippen MR) is 156 cm³/mol. The van der Waals surface area contributed by atoms with Crippen molar-refractivity contribution in [2.75, 3.05) is 18.4 Å². The van der Waals surface area contributed by atoms with Crippen molar-refractivity contribution < 1.29 is 37.2 Å². The number of benzene rings is 4. The first-order valence-electron chi connectivity index (χ1n) is 13.6. The summed E-state index contributed by atoms with van der Waals surface area (Å²) in [6, 6.07) is 24.4. The van der Waals surface area contributed by atoms with Crippen LogP contribution in [0.3, 0.4) is 0 Å². The van der Waals surface area contributed by atoms with Crippen molar-refractivity contribution in [1.29, 1.82) is 0 Å². The number of carbonyl (C=O) groups excluding carboxylic acids is 2. The summed E-state index contributed by atoms with van der Waals surface area (Å²) in [6.07, 6.45) is -3.80. The van der Waals surface area contributed by atoms with Gasteiger partial charge >= 0.3 is 6.36 Å². The third kappa shape index (κ3) is 7.51. The van der Waals surface area contributed by atoms with E-state index in [4.69, 9.17) is 4.74 Å². The summed E-state index contributed by atoms with van der Waals surface area (Å²) >= 11 is 0. The molecule has 0 unspecified atom stereocenters. The quantitative estimate of drug-likeness (QED) is 0.170. The van der Waals surface area contributed by atoms with Gasteiger partial charge in [-0.05, 0) is 53.6 Å². The van der Waals surface area contributed by atoms with E-state index in [9.17, 15) is 32.9 Å². The summed E-state index contributed by atoms with van der Waals surface area (Å²) in [7, 11) is 0. The van der Waals surface area contributed by atoms with Gasteiger partial charge in [0.25, 0.3) is 17.5 Å². The van der Waals surface area contributed by atoms with E-state index < -0.39 is 17.2 Å². The fourth-order valence-electron chi connectivity index (χ4n) is 4.89. The smallest absolute Gasteiger partial charge is 0.490 e. The first-order valence-corrected chi connectivity index (χ1v) is 13.6. The van der Waals surface area contributed by atoms with Gasteiger partial charge in [0, 0.05) is 60.9 Å². The number of hydrogen-bond acceptors (Lipinski definition) is 6. The molecule has 12 heteroatoms. The molecule has 0 bridgehead atoms. The predicted octanol–water partition coefficient (Wildman–Crippen LogP) is 7.10. The number of hydrogen-bond donors (Lipinski definition) is 1. The number of halogens is 3. The molecule has 1 N–H and O–H groups in total. The van der Waals surface area contributed by atoms with Gasteiger partial charge in [0.15, 0.2) is 0 Å². The molecule has 1 heterocycles. The van der Waals surface area contributed by atoms with Crippen molar-refractivity contribution in [3.63, 3.8) is 0 Å². The van der Waals surface area contributed by atoms with Gasteiger partial charge in [0.2, 0.25) is 0 Å². The molecule has 1 aliphatic rings. The molecule has 226 valence electrons. The molecular weight excluding hydrogens is 579 g/mol. The van der Waals surface area contributed by atoms with E-state index in [0.29, 0.717) is 59.6 Å². The zero-order valence-electron chi connectivity index (χ0n) is 23.1. The number of piperidine rings is 1. The van der Waals surface area contributed by atoms with Crippen molar-refractivity contribution in [3.8, 4) is 22.6 Å². The maximum atomic E-state index is 13.2. The molecule has 0 radical (unpaired) electrons. The van der Waals surface area contributed by atoms with Crippen LogP contribution >= 0.6 is 0 Å². The van der Waals surface area contributed by atoms with Crippen molar-refractivity contribution in [2.45, 2.75) is 25.3 Å². The van der Waals surface area contributed by atoms with Gasteiger partial charge in [0.05, 0.1) is 4.92 Å². The second kappa shape index (κ2) is 12.9. The van der Waals surface area contributed by atoms with Crippen LogP contribution in [-0.4, -0.2) is 47.2 Å². The minimum atomic E-state index is -4.80. The third-order valence-corrected chi connectivity index (χ3v) is 7.02. The average Bonchev–Trinajstić information content (AvgIpc) is 3.01. The van der Waals surface area contributed by atoms with Gasteiger partial charge in [-0.1, -0.05) is 36.4 Å². The topological polar surface area (TPSA) is 111 Å². The first-order chi connectivity index (χ1) is 21.1. The van der Waals surface area contributed by atoms with Crippen LogP contribution in [0.15, 0.2) is 97.1 Å². The fourth-order valence-corrected chi connectivity index (χ4v) is 4.89. The molecule has 0 saturated carbocycles. The van der Waals surface area contributed by atoms with Gasteiger partial charge in [-0.2, -0.15) is 0 Å². The molecule has 2 amide bonds. The van der Waals surface area contributed by atoms with Gasteiger partial charge < -0.3 is 19.7 Å². The molecule has 0 spiro atoms. The van der Waals surface area contributed by atoms with E-state index in [0.717, 1.165) is 0 Å². The Bertz CT molecular complexity index is 1650. The van der Waals surface area contributed by atoms with E-state index in [1.807, 2.05) is 0 Å². The lowest BCUT2D eigenvalue weighted by atomic mass is 9.99. The molecule has 1 saturated heterocycles. The highest BCUT2D eigenvalue weighted by atomic mass is 19.4. The summed E-state index contributed by atoms with van der Waals surface area (Å²) in [5, 5.41) is 13.7. The fraction of sp³-hybridized carbons (Fsp3) is 0.188. The summed E-state index contributed by atoms with van der Waals surface area (Å²) in [5.41, 5.74) is 2.19. The highest BCUT2D eigenvalue weighted by Gasteiger charge is 2.31. The summed E-state index contributed by atoms with van der Waals surface area (Å²) < 4.78 is 47.6. The molecule has 0 aromatic heterocycles. The monoisotopic (exact) mass is 605 g/mol. The molecule has 4 aromatic rings. The van der Waals surface area contributed by atoms with Crippen LogP contribution in [0, 0.1) is 10.1 Å². The number of non-ortho nitro benzene ring substituents is 1. The number of nitrogens with zero attached hydrogens (tertiary/aromatic N) is 2. The van der Waals surface area contributed by atoms with E-state index in [1.54, 1.807) is 53.4 Å². The molecule has 0 aliphatic carbocycles.